The molecule has 1 N–H and O–H groups in total. The zero-order valence-corrected chi connectivity index (χ0v) is 16.7. The van der Waals surface area contributed by atoms with Crippen molar-refractivity contribution in [2.45, 2.75) is 13.0 Å². The fourth-order valence-electron chi connectivity index (χ4n) is 3.43. The largest absolute Gasteiger partial charge is 0.439 e. The Hall–Kier alpha value is -3.88. The van der Waals surface area contributed by atoms with Crippen LogP contribution in [-0.2, 0) is 16.1 Å². The Morgan fingerprint density at radius 3 is 2.47 bits per heavy atom. The standard InChI is InChI=1S/C23H18F3N3O3/c24-15-1-3-19(4-2-15)32-21-9-14(5-7-27-21)13-28-22(30)20-6-8-29(23(20)31)18-11-16(25)10-17(26)12-18/h1-5,7,9-12,20H,6,8,13H2,(H,28,30). The maximum atomic E-state index is 13.5. The normalized spacial score (nSPS) is 15.7. The molecule has 1 fully saturated rings. The van der Waals surface area contributed by atoms with Gasteiger partial charge in [-0.15, -0.1) is 0 Å². The Balaban J connectivity index is 1.36. The van der Waals surface area contributed by atoms with Crippen molar-refractivity contribution in [3.8, 4) is 11.6 Å². The van der Waals surface area contributed by atoms with Gasteiger partial charge in [0.15, 0.2) is 0 Å². The number of anilines is 1. The highest BCUT2D eigenvalue weighted by Gasteiger charge is 2.37. The first-order chi connectivity index (χ1) is 15.4. The molecule has 9 heteroatoms. The van der Waals surface area contributed by atoms with E-state index in [1.54, 1.807) is 12.1 Å². The van der Waals surface area contributed by atoms with Gasteiger partial charge in [0.1, 0.15) is 29.1 Å². The van der Waals surface area contributed by atoms with Crippen LogP contribution in [0, 0.1) is 23.4 Å². The molecule has 2 aromatic carbocycles. The molecule has 0 radical (unpaired) electrons. The van der Waals surface area contributed by atoms with Crippen molar-refractivity contribution in [3.05, 3.63) is 83.8 Å². The minimum absolute atomic E-state index is 0.0829. The molecule has 1 aromatic heterocycles. The van der Waals surface area contributed by atoms with Crippen molar-refractivity contribution >= 4 is 17.5 Å². The predicted octanol–water partition coefficient (Wildman–Crippen LogP) is 3.96. The average Bonchev–Trinajstić information content (AvgIpc) is 3.15. The van der Waals surface area contributed by atoms with E-state index in [0.717, 1.165) is 18.2 Å². The molecular weight excluding hydrogens is 423 g/mol. The van der Waals surface area contributed by atoms with Crippen molar-refractivity contribution in [1.29, 1.82) is 0 Å². The Kier molecular flexibility index (Phi) is 6.07. The Morgan fingerprint density at radius 2 is 1.75 bits per heavy atom. The molecule has 1 atom stereocenters. The number of rotatable bonds is 6. The first-order valence-corrected chi connectivity index (χ1v) is 9.82. The predicted molar refractivity (Wildman–Crippen MR) is 109 cm³/mol. The molecule has 0 spiro atoms. The molecule has 1 aliphatic rings. The summed E-state index contributed by atoms with van der Waals surface area (Å²) in [6.45, 7) is 0.310. The molecule has 164 valence electrons. The van der Waals surface area contributed by atoms with Crippen molar-refractivity contribution in [3.63, 3.8) is 0 Å². The number of aromatic nitrogens is 1. The zero-order chi connectivity index (χ0) is 22.7. The van der Waals surface area contributed by atoms with E-state index in [4.69, 9.17) is 4.74 Å². The topological polar surface area (TPSA) is 71.5 Å². The number of amides is 2. The minimum Gasteiger partial charge on any atom is -0.439 e. The van der Waals surface area contributed by atoms with Gasteiger partial charge >= 0.3 is 0 Å². The Morgan fingerprint density at radius 1 is 1.03 bits per heavy atom. The Bertz CT molecular complexity index is 1130. The van der Waals surface area contributed by atoms with E-state index in [1.165, 1.54) is 35.4 Å². The fraction of sp³-hybridized carbons (Fsp3) is 0.174. The zero-order valence-electron chi connectivity index (χ0n) is 16.7. The van der Waals surface area contributed by atoms with Crippen LogP contribution in [0.5, 0.6) is 11.6 Å². The summed E-state index contributed by atoms with van der Waals surface area (Å²) in [5.41, 5.74) is 0.763. The minimum atomic E-state index is -0.946. The highest BCUT2D eigenvalue weighted by Crippen LogP contribution is 2.27. The molecule has 3 aromatic rings. The van der Waals surface area contributed by atoms with Crippen molar-refractivity contribution in [2.75, 3.05) is 11.4 Å². The molecular formula is C23H18F3N3O3. The molecule has 2 heterocycles. The second-order valence-electron chi connectivity index (χ2n) is 7.23. The highest BCUT2D eigenvalue weighted by atomic mass is 19.1. The van der Waals surface area contributed by atoms with E-state index < -0.39 is 29.4 Å². The van der Waals surface area contributed by atoms with Gasteiger partial charge in [-0.25, -0.2) is 18.2 Å². The van der Waals surface area contributed by atoms with E-state index in [1.807, 2.05) is 0 Å². The number of halogens is 3. The lowest BCUT2D eigenvalue weighted by Crippen LogP contribution is -2.36. The number of pyridine rings is 1. The summed E-state index contributed by atoms with van der Waals surface area (Å²) in [4.78, 5) is 30.5. The maximum absolute atomic E-state index is 13.5. The van der Waals surface area contributed by atoms with E-state index in [0.29, 0.717) is 11.3 Å². The van der Waals surface area contributed by atoms with Gasteiger partial charge in [0.25, 0.3) is 0 Å². The van der Waals surface area contributed by atoms with Crippen LogP contribution in [0.25, 0.3) is 0 Å². The smallest absolute Gasteiger partial charge is 0.239 e. The second-order valence-corrected chi connectivity index (χ2v) is 7.23. The summed E-state index contributed by atoms with van der Waals surface area (Å²) < 4.78 is 45.5. The van der Waals surface area contributed by atoms with Crippen LogP contribution in [0.3, 0.4) is 0 Å². The highest BCUT2D eigenvalue weighted by molar-refractivity contribution is 6.09. The SMILES string of the molecule is O=C(NCc1ccnc(Oc2ccc(F)cc2)c1)C1CCN(c2cc(F)cc(F)c2)C1=O. The molecule has 6 nitrogen and oxygen atoms in total. The first-order valence-electron chi connectivity index (χ1n) is 9.82. The molecule has 1 unspecified atom stereocenters. The van der Waals surface area contributed by atoms with E-state index in [-0.39, 0.29) is 36.9 Å². The number of carbonyl (C=O) groups is 2. The summed E-state index contributed by atoms with van der Waals surface area (Å²) in [6, 6.07) is 11.6. The summed E-state index contributed by atoms with van der Waals surface area (Å²) in [6.07, 6.45) is 1.74. The second kappa shape index (κ2) is 9.09. The third kappa shape index (κ3) is 4.88. The van der Waals surface area contributed by atoms with Gasteiger partial charge < -0.3 is 15.0 Å². The summed E-state index contributed by atoms with van der Waals surface area (Å²) >= 11 is 0. The van der Waals surface area contributed by atoms with Gasteiger partial charge in [-0.3, -0.25) is 9.59 Å². The monoisotopic (exact) mass is 441 g/mol. The van der Waals surface area contributed by atoms with E-state index in [2.05, 4.69) is 10.3 Å². The van der Waals surface area contributed by atoms with E-state index in [9.17, 15) is 22.8 Å². The van der Waals surface area contributed by atoms with Crippen LogP contribution in [0.4, 0.5) is 18.9 Å². The summed E-state index contributed by atoms with van der Waals surface area (Å²) in [7, 11) is 0. The third-order valence-electron chi connectivity index (χ3n) is 4.98. The van der Waals surface area contributed by atoms with Crippen molar-refractivity contribution in [1.82, 2.24) is 10.3 Å². The lowest BCUT2D eigenvalue weighted by atomic mass is 10.1. The van der Waals surface area contributed by atoms with Crippen LogP contribution >= 0.6 is 0 Å². The average molecular weight is 441 g/mol. The van der Waals surface area contributed by atoms with Crippen LogP contribution in [0.15, 0.2) is 60.8 Å². The number of nitrogens with one attached hydrogen (secondary N) is 1. The number of ether oxygens (including phenoxy) is 1. The van der Waals surface area contributed by atoms with Crippen LogP contribution in [-0.4, -0.2) is 23.3 Å². The summed E-state index contributed by atoms with van der Waals surface area (Å²) in [5.74, 6) is -3.24. The van der Waals surface area contributed by atoms with Gasteiger partial charge in [-0.05, 0) is 54.4 Å². The molecule has 0 saturated carbocycles. The number of benzene rings is 2. The van der Waals surface area contributed by atoms with Gasteiger partial charge in [0.2, 0.25) is 17.7 Å². The maximum Gasteiger partial charge on any atom is 0.239 e. The number of hydrogen-bond donors (Lipinski definition) is 1. The third-order valence-corrected chi connectivity index (χ3v) is 4.98. The van der Waals surface area contributed by atoms with Crippen LogP contribution < -0.4 is 15.0 Å². The fourth-order valence-corrected chi connectivity index (χ4v) is 3.43. The number of nitrogens with zero attached hydrogens (tertiary/aromatic N) is 2. The van der Waals surface area contributed by atoms with Crippen LogP contribution in [0.2, 0.25) is 0 Å². The molecule has 4 rings (SSSR count). The molecule has 1 aliphatic heterocycles. The molecule has 0 aliphatic carbocycles. The quantitative estimate of drug-likeness (QED) is 0.588. The first kappa shape index (κ1) is 21.4. The Labute approximate surface area is 181 Å². The lowest BCUT2D eigenvalue weighted by molar-refractivity contribution is -0.132. The van der Waals surface area contributed by atoms with Gasteiger partial charge in [0, 0.05) is 37.1 Å². The molecule has 32 heavy (non-hydrogen) atoms. The molecule has 0 bridgehead atoms. The van der Waals surface area contributed by atoms with Crippen LogP contribution in [0.1, 0.15) is 12.0 Å². The molecule has 2 amide bonds. The van der Waals surface area contributed by atoms with Gasteiger partial charge in [-0.2, -0.15) is 0 Å². The van der Waals surface area contributed by atoms with E-state index >= 15 is 0 Å². The number of carbonyl (C=O) groups excluding carboxylic acids is 2. The lowest BCUT2D eigenvalue weighted by Gasteiger charge is -2.17. The van der Waals surface area contributed by atoms with Gasteiger partial charge in [-0.1, -0.05) is 0 Å². The number of hydrogen-bond acceptors (Lipinski definition) is 4. The van der Waals surface area contributed by atoms with Crippen molar-refractivity contribution < 1.29 is 27.5 Å². The van der Waals surface area contributed by atoms with Gasteiger partial charge in [0.05, 0.1) is 0 Å². The van der Waals surface area contributed by atoms with Crippen molar-refractivity contribution in [2.24, 2.45) is 5.92 Å². The molecule has 1 saturated heterocycles. The summed E-state index contributed by atoms with van der Waals surface area (Å²) in [5, 5.41) is 2.70.